The van der Waals surface area contributed by atoms with E-state index in [0.29, 0.717) is 17.9 Å². The molecule has 0 aromatic heterocycles. The molecular weight excluding hydrogens is 384 g/mol. The summed E-state index contributed by atoms with van der Waals surface area (Å²) >= 11 is 4.31. The smallest absolute Gasteiger partial charge is 0.335 e. The van der Waals surface area contributed by atoms with Crippen molar-refractivity contribution in [2.45, 2.75) is 13.3 Å². The highest BCUT2D eigenvalue weighted by atomic mass is 35.5. The van der Waals surface area contributed by atoms with Crippen molar-refractivity contribution < 1.29 is 14.7 Å². The number of thiol groups is 1. The number of carboxylic acid groups (broad SMARTS) is 1. The van der Waals surface area contributed by atoms with Gasteiger partial charge in [0.2, 0.25) is 5.91 Å². The predicted octanol–water partition coefficient (Wildman–Crippen LogP) is 3.91. The van der Waals surface area contributed by atoms with Gasteiger partial charge in [-0.1, -0.05) is 12.1 Å². The van der Waals surface area contributed by atoms with Gasteiger partial charge in [0.1, 0.15) is 0 Å². The SMILES string of the molecule is Cc1cc(NC(=O)C(CS)Cc2ccc(N(C)C)cc2)cc(C(=O)O)c1.Cl. The third-order valence-corrected chi connectivity index (χ3v) is 4.56. The van der Waals surface area contributed by atoms with Crippen LogP contribution in [0.15, 0.2) is 42.5 Å². The molecular formula is C20H25ClN2O3S. The van der Waals surface area contributed by atoms with E-state index in [1.165, 1.54) is 6.07 Å². The maximum atomic E-state index is 12.6. The molecule has 2 aromatic carbocycles. The van der Waals surface area contributed by atoms with Crippen LogP contribution in [0.2, 0.25) is 0 Å². The topological polar surface area (TPSA) is 69.6 Å². The monoisotopic (exact) mass is 408 g/mol. The average molecular weight is 409 g/mol. The lowest BCUT2D eigenvalue weighted by atomic mass is 9.99. The lowest BCUT2D eigenvalue weighted by Crippen LogP contribution is -2.26. The summed E-state index contributed by atoms with van der Waals surface area (Å²) < 4.78 is 0. The number of benzene rings is 2. The second kappa shape index (κ2) is 10.2. The molecule has 0 fully saturated rings. The van der Waals surface area contributed by atoms with Gasteiger partial charge in [-0.05, 0) is 54.8 Å². The number of carbonyl (C=O) groups excluding carboxylic acids is 1. The molecule has 146 valence electrons. The van der Waals surface area contributed by atoms with Gasteiger partial charge in [-0.25, -0.2) is 4.79 Å². The van der Waals surface area contributed by atoms with Crippen molar-refractivity contribution in [1.29, 1.82) is 0 Å². The number of hydrogen-bond acceptors (Lipinski definition) is 4. The molecule has 1 atom stereocenters. The van der Waals surface area contributed by atoms with Gasteiger partial charge in [0.25, 0.3) is 0 Å². The van der Waals surface area contributed by atoms with Gasteiger partial charge in [0.15, 0.2) is 0 Å². The highest BCUT2D eigenvalue weighted by Crippen LogP contribution is 2.19. The minimum Gasteiger partial charge on any atom is -0.478 e. The summed E-state index contributed by atoms with van der Waals surface area (Å²) in [6, 6.07) is 12.8. The second-order valence-corrected chi connectivity index (χ2v) is 6.89. The normalized spacial score (nSPS) is 11.3. The number of nitrogens with one attached hydrogen (secondary N) is 1. The van der Waals surface area contributed by atoms with Gasteiger partial charge in [0.05, 0.1) is 11.5 Å². The molecule has 0 aliphatic rings. The Bertz CT molecular complexity index is 794. The Morgan fingerprint density at radius 2 is 1.78 bits per heavy atom. The third-order valence-electron chi connectivity index (χ3n) is 4.12. The summed E-state index contributed by atoms with van der Waals surface area (Å²) in [6.07, 6.45) is 0.570. The lowest BCUT2D eigenvalue weighted by Gasteiger charge is -2.17. The van der Waals surface area contributed by atoms with E-state index >= 15 is 0 Å². The molecule has 0 saturated carbocycles. The molecule has 27 heavy (non-hydrogen) atoms. The summed E-state index contributed by atoms with van der Waals surface area (Å²) in [5.74, 6) is -1.09. The number of carbonyl (C=O) groups is 2. The first-order valence-electron chi connectivity index (χ1n) is 8.33. The van der Waals surface area contributed by atoms with E-state index in [1.807, 2.05) is 43.3 Å². The van der Waals surface area contributed by atoms with E-state index in [9.17, 15) is 9.59 Å². The summed E-state index contributed by atoms with van der Waals surface area (Å²) in [4.78, 5) is 25.8. The molecule has 0 saturated heterocycles. The largest absolute Gasteiger partial charge is 0.478 e. The Hall–Kier alpha value is -2.18. The van der Waals surface area contributed by atoms with Crippen LogP contribution in [0.1, 0.15) is 21.5 Å². The Morgan fingerprint density at radius 1 is 1.15 bits per heavy atom. The summed E-state index contributed by atoms with van der Waals surface area (Å²) in [6.45, 7) is 1.80. The fourth-order valence-corrected chi connectivity index (χ4v) is 2.97. The zero-order valence-corrected chi connectivity index (χ0v) is 17.3. The Morgan fingerprint density at radius 3 is 2.30 bits per heavy atom. The maximum Gasteiger partial charge on any atom is 0.335 e. The van der Waals surface area contributed by atoms with Gasteiger partial charge >= 0.3 is 5.97 Å². The molecule has 1 amide bonds. The van der Waals surface area contributed by atoms with Crippen LogP contribution in [-0.4, -0.2) is 36.8 Å². The van der Waals surface area contributed by atoms with Crippen molar-refractivity contribution in [3.8, 4) is 0 Å². The number of rotatable bonds is 7. The van der Waals surface area contributed by atoms with Gasteiger partial charge in [-0.15, -0.1) is 12.4 Å². The first kappa shape index (κ1) is 22.9. The molecule has 0 bridgehead atoms. The van der Waals surface area contributed by atoms with Crippen molar-refractivity contribution in [2.75, 3.05) is 30.1 Å². The van der Waals surface area contributed by atoms with E-state index < -0.39 is 5.97 Å². The van der Waals surface area contributed by atoms with Crippen LogP contribution in [-0.2, 0) is 11.2 Å². The summed E-state index contributed by atoms with van der Waals surface area (Å²) in [5, 5.41) is 12.0. The zero-order valence-electron chi connectivity index (χ0n) is 15.6. The number of hydrogen-bond donors (Lipinski definition) is 3. The van der Waals surface area contributed by atoms with Crippen LogP contribution in [0.4, 0.5) is 11.4 Å². The number of carboxylic acids is 1. The zero-order chi connectivity index (χ0) is 19.3. The molecule has 2 N–H and O–H groups in total. The first-order chi connectivity index (χ1) is 12.3. The Kier molecular flexibility index (Phi) is 8.66. The predicted molar refractivity (Wildman–Crippen MR) is 116 cm³/mol. The molecule has 5 nitrogen and oxygen atoms in total. The quantitative estimate of drug-likeness (QED) is 0.607. The number of halogens is 1. The molecule has 0 aliphatic carbocycles. The minimum absolute atomic E-state index is 0. The molecule has 1 unspecified atom stereocenters. The van der Waals surface area contributed by atoms with E-state index in [1.54, 1.807) is 19.1 Å². The van der Waals surface area contributed by atoms with Crippen molar-refractivity contribution in [3.63, 3.8) is 0 Å². The highest BCUT2D eigenvalue weighted by molar-refractivity contribution is 7.80. The molecule has 0 spiro atoms. The highest BCUT2D eigenvalue weighted by Gasteiger charge is 2.18. The van der Waals surface area contributed by atoms with Gasteiger partial charge in [0, 0.05) is 31.2 Å². The van der Waals surface area contributed by atoms with Crippen LogP contribution in [0.25, 0.3) is 0 Å². The van der Waals surface area contributed by atoms with Crippen LogP contribution >= 0.6 is 25.0 Å². The van der Waals surface area contributed by atoms with Crippen LogP contribution < -0.4 is 10.2 Å². The lowest BCUT2D eigenvalue weighted by molar-refractivity contribution is -0.119. The van der Waals surface area contributed by atoms with Crippen molar-refractivity contribution in [3.05, 3.63) is 59.2 Å². The maximum absolute atomic E-state index is 12.6. The summed E-state index contributed by atoms with van der Waals surface area (Å²) in [7, 11) is 3.96. The molecule has 2 rings (SSSR count). The van der Waals surface area contributed by atoms with Crippen molar-refractivity contribution in [1.82, 2.24) is 0 Å². The average Bonchev–Trinajstić information content (AvgIpc) is 2.59. The first-order valence-corrected chi connectivity index (χ1v) is 8.96. The number of anilines is 2. The van der Waals surface area contributed by atoms with Crippen LogP contribution in [0.3, 0.4) is 0 Å². The van der Waals surface area contributed by atoms with Crippen molar-refractivity contribution >= 4 is 48.3 Å². The van der Waals surface area contributed by atoms with Gasteiger partial charge < -0.3 is 15.3 Å². The Labute approximate surface area is 171 Å². The van der Waals surface area contributed by atoms with Gasteiger partial charge in [-0.2, -0.15) is 12.6 Å². The molecule has 7 heteroatoms. The molecule has 0 heterocycles. The number of amides is 1. The molecule has 0 radical (unpaired) electrons. The molecule has 0 aliphatic heterocycles. The van der Waals surface area contributed by atoms with E-state index in [2.05, 4.69) is 17.9 Å². The standard InChI is InChI=1S/C20H24N2O3S.ClH/c1-13-8-15(20(24)25)11-17(9-13)21-19(23)16(12-26)10-14-4-6-18(7-5-14)22(2)3;/h4-9,11,16,26H,10,12H2,1-3H3,(H,21,23)(H,24,25);1H. The fraction of sp³-hybridized carbons (Fsp3) is 0.300. The van der Waals surface area contributed by atoms with Gasteiger partial charge in [-0.3, -0.25) is 4.79 Å². The van der Waals surface area contributed by atoms with Crippen LogP contribution in [0, 0.1) is 12.8 Å². The minimum atomic E-state index is -1.02. The summed E-state index contributed by atoms with van der Waals surface area (Å²) in [5.41, 5.74) is 3.58. The molecule has 2 aromatic rings. The van der Waals surface area contributed by atoms with Crippen molar-refractivity contribution in [2.24, 2.45) is 5.92 Å². The second-order valence-electron chi connectivity index (χ2n) is 6.53. The van der Waals surface area contributed by atoms with E-state index in [-0.39, 0.29) is 29.8 Å². The number of nitrogens with zero attached hydrogens (tertiary/aromatic N) is 1. The number of aryl methyl sites for hydroxylation is 1. The van der Waals surface area contributed by atoms with E-state index in [0.717, 1.165) is 16.8 Å². The van der Waals surface area contributed by atoms with E-state index in [4.69, 9.17) is 5.11 Å². The Balaban J connectivity index is 0.00000364. The third kappa shape index (κ3) is 6.48. The fourth-order valence-electron chi connectivity index (χ4n) is 2.68. The van der Waals surface area contributed by atoms with Crippen LogP contribution in [0.5, 0.6) is 0 Å². The number of aromatic carboxylic acids is 1.